The van der Waals surface area contributed by atoms with Gasteiger partial charge in [-0.25, -0.2) is 9.97 Å². The summed E-state index contributed by atoms with van der Waals surface area (Å²) in [4.78, 5) is 24.8. The van der Waals surface area contributed by atoms with Crippen molar-refractivity contribution in [1.29, 1.82) is 0 Å². The van der Waals surface area contributed by atoms with Gasteiger partial charge < -0.3 is 25.4 Å². The lowest BCUT2D eigenvalue weighted by Gasteiger charge is -2.30. The third kappa shape index (κ3) is 8.18. The molecule has 4 aromatic rings. The summed E-state index contributed by atoms with van der Waals surface area (Å²) in [6.45, 7) is 8.17. The Kier molecular flexibility index (Phi) is 10.5. The minimum atomic E-state index is -4.22. The van der Waals surface area contributed by atoms with Crippen LogP contribution in [0.25, 0.3) is 11.0 Å². The van der Waals surface area contributed by atoms with E-state index in [0.29, 0.717) is 57.4 Å². The molecule has 2 aromatic carbocycles. The van der Waals surface area contributed by atoms with Crippen LogP contribution in [0.1, 0.15) is 68.2 Å². The fraction of sp³-hybridized carbons (Fsp3) is 0.515. The predicted octanol–water partition coefficient (Wildman–Crippen LogP) is 7.38. The summed E-state index contributed by atoms with van der Waals surface area (Å²) in [6.07, 6.45) is -2.28. The highest BCUT2D eigenvalue weighted by molar-refractivity contribution is 6.39. The number of anilines is 3. The van der Waals surface area contributed by atoms with Crippen LogP contribution >= 0.6 is 23.2 Å². The zero-order valence-corrected chi connectivity index (χ0v) is 29.5. The highest BCUT2D eigenvalue weighted by Crippen LogP contribution is 2.39. The van der Waals surface area contributed by atoms with E-state index in [2.05, 4.69) is 46.8 Å². The average Bonchev–Trinajstić information content (AvgIpc) is 3.55. The molecular formula is C33H42Cl2F3N9O. The minimum absolute atomic E-state index is 0.0133. The Morgan fingerprint density at radius 2 is 1.79 bits per heavy atom. The van der Waals surface area contributed by atoms with Crippen molar-refractivity contribution >= 4 is 57.5 Å². The molecule has 0 spiro atoms. The van der Waals surface area contributed by atoms with E-state index in [-0.39, 0.29) is 43.0 Å². The van der Waals surface area contributed by atoms with Crippen LogP contribution in [0.15, 0.2) is 30.6 Å². The second-order valence-corrected chi connectivity index (χ2v) is 14.5. The number of amides is 1. The van der Waals surface area contributed by atoms with Crippen LogP contribution in [0.4, 0.5) is 30.5 Å². The molecule has 0 atom stereocenters. The Balaban J connectivity index is 1.46. The summed E-state index contributed by atoms with van der Waals surface area (Å²) in [5, 5.41) is 14.8. The molecule has 1 aliphatic rings. The van der Waals surface area contributed by atoms with Crippen molar-refractivity contribution in [3.8, 4) is 0 Å². The molecule has 0 aliphatic heterocycles. The maximum absolute atomic E-state index is 13.8. The topological polar surface area (TPSA) is 105 Å². The van der Waals surface area contributed by atoms with E-state index in [1.165, 1.54) is 6.33 Å². The van der Waals surface area contributed by atoms with Crippen LogP contribution < -0.4 is 20.9 Å². The number of aryl methyl sites for hydroxylation is 2. The SMILES string of the molecule is CN(Cc1ncnn1C)c1cc2c(cc1C(=O)NC1CCC(C(F)(F)F)CC1)nc(Nc1c(Cl)ccc(CNCC(C)(C)C)c1Cl)n2C. The van der Waals surface area contributed by atoms with Gasteiger partial charge in [0, 0.05) is 40.3 Å². The van der Waals surface area contributed by atoms with Crippen LogP contribution in [0, 0.1) is 11.3 Å². The summed E-state index contributed by atoms with van der Waals surface area (Å²) in [7, 11) is 5.48. The van der Waals surface area contributed by atoms with Gasteiger partial charge in [-0.2, -0.15) is 18.3 Å². The Morgan fingerprint density at radius 3 is 2.42 bits per heavy atom. The Hall–Kier alpha value is -3.55. The number of fused-ring (bicyclic) bond motifs is 1. The monoisotopic (exact) mass is 707 g/mol. The zero-order chi connectivity index (χ0) is 35.0. The zero-order valence-electron chi connectivity index (χ0n) is 28.0. The molecule has 0 unspecified atom stereocenters. The van der Waals surface area contributed by atoms with Crippen molar-refractivity contribution in [2.75, 3.05) is 23.8 Å². The van der Waals surface area contributed by atoms with Crippen LogP contribution in [0.5, 0.6) is 0 Å². The number of benzene rings is 2. The summed E-state index contributed by atoms with van der Waals surface area (Å²) >= 11 is 13.5. The van der Waals surface area contributed by atoms with Crippen molar-refractivity contribution < 1.29 is 18.0 Å². The van der Waals surface area contributed by atoms with Crippen LogP contribution in [-0.2, 0) is 27.2 Å². The number of hydrogen-bond acceptors (Lipinski definition) is 7. The number of halogens is 5. The first-order valence-corrected chi connectivity index (χ1v) is 16.6. The molecule has 0 radical (unpaired) electrons. The molecule has 15 heteroatoms. The first-order valence-electron chi connectivity index (χ1n) is 15.9. The third-order valence-electron chi connectivity index (χ3n) is 8.74. The number of carbonyl (C=O) groups excluding carboxylic acids is 1. The van der Waals surface area contributed by atoms with Gasteiger partial charge in [0.1, 0.15) is 12.2 Å². The standard InChI is InChI=1S/C33H42Cl2F3N9O/c1-32(2,3)17-39-15-19-7-12-23(34)29(28(19)35)44-31-43-24-13-22(30(48)42-21-10-8-20(9-11-21)33(36,37)38)25(14-26(24)46(31)5)45(4)16-27-40-18-41-47(27)6/h7,12-14,18,20-21,39H,8-11,15-17H2,1-6H3,(H,42,48)(H,43,44). The average molecular weight is 709 g/mol. The molecular weight excluding hydrogens is 666 g/mol. The summed E-state index contributed by atoms with van der Waals surface area (Å²) in [6, 6.07) is 6.89. The number of rotatable bonds is 10. The highest BCUT2D eigenvalue weighted by atomic mass is 35.5. The van der Waals surface area contributed by atoms with E-state index in [1.54, 1.807) is 23.9 Å². The molecule has 1 saturated carbocycles. The van der Waals surface area contributed by atoms with E-state index < -0.39 is 12.1 Å². The van der Waals surface area contributed by atoms with Gasteiger partial charge in [0.15, 0.2) is 0 Å². The Bertz CT molecular complexity index is 1770. The van der Waals surface area contributed by atoms with Crippen molar-refractivity contribution in [3.63, 3.8) is 0 Å². The Morgan fingerprint density at radius 1 is 1.08 bits per heavy atom. The van der Waals surface area contributed by atoms with E-state index in [9.17, 15) is 18.0 Å². The molecule has 0 bridgehead atoms. The third-order valence-corrected chi connectivity index (χ3v) is 9.49. The van der Waals surface area contributed by atoms with Crippen LogP contribution in [0.2, 0.25) is 10.0 Å². The lowest BCUT2D eigenvalue weighted by molar-refractivity contribution is -0.182. The van der Waals surface area contributed by atoms with Crippen LogP contribution in [0.3, 0.4) is 0 Å². The molecule has 1 amide bonds. The molecule has 2 heterocycles. The molecule has 2 aromatic heterocycles. The van der Waals surface area contributed by atoms with Gasteiger partial charge in [-0.15, -0.1) is 0 Å². The summed E-state index contributed by atoms with van der Waals surface area (Å²) < 4.78 is 43.3. The maximum Gasteiger partial charge on any atom is 0.391 e. The van der Waals surface area contributed by atoms with Crippen molar-refractivity contribution in [3.05, 3.63) is 57.6 Å². The largest absolute Gasteiger partial charge is 0.391 e. The lowest BCUT2D eigenvalue weighted by Crippen LogP contribution is -2.40. The molecule has 1 fully saturated rings. The first kappa shape index (κ1) is 35.7. The van der Waals surface area contributed by atoms with Gasteiger partial charge in [0.25, 0.3) is 5.91 Å². The fourth-order valence-electron chi connectivity index (χ4n) is 5.96. The summed E-state index contributed by atoms with van der Waals surface area (Å²) in [5.74, 6) is -0.577. The number of hydrogen-bond donors (Lipinski definition) is 3. The molecule has 1 aliphatic carbocycles. The highest BCUT2D eigenvalue weighted by Gasteiger charge is 2.41. The molecule has 5 rings (SSSR count). The molecule has 3 N–H and O–H groups in total. The van der Waals surface area contributed by atoms with Gasteiger partial charge in [0.2, 0.25) is 5.95 Å². The van der Waals surface area contributed by atoms with Gasteiger partial charge >= 0.3 is 6.18 Å². The van der Waals surface area contributed by atoms with Gasteiger partial charge in [-0.05, 0) is 54.9 Å². The van der Waals surface area contributed by atoms with E-state index in [0.717, 1.165) is 17.6 Å². The second kappa shape index (κ2) is 14.1. The predicted molar refractivity (Wildman–Crippen MR) is 184 cm³/mol. The number of alkyl halides is 3. The maximum atomic E-state index is 13.8. The van der Waals surface area contributed by atoms with Crippen molar-refractivity contribution in [2.24, 2.45) is 25.4 Å². The van der Waals surface area contributed by atoms with Gasteiger partial charge in [-0.3, -0.25) is 9.48 Å². The van der Waals surface area contributed by atoms with Crippen LogP contribution in [-0.4, -0.2) is 56.0 Å². The van der Waals surface area contributed by atoms with E-state index in [4.69, 9.17) is 28.2 Å². The number of aromatic nitrogens is 5. The van der Waals surface area contributed by atoms with E-state index >= 15 is 0 Å². The molecule has 10 nitrogen and oxygen atoms in total. The number of nitrogens with zero attached hydrogens (tertiary/aromatic N) is 6. The second-order valence-electron chi connectivity index (χ2n) is 13.8. The van der Waals surface area contributed by atoms with Crippen molar-refractivity contribution in [2.45, 2.75) is 71.8 Å². The summed E-state index contributed by atoms with van der Waals surface area (Å²) in [5.41, 5.74) is 3.71. The van der Waals surface area contributed by atoms with Gasteiger partial charge in [-0.1, -0.05) is 50.0 Å². The normalized spacial score (nSPS) is 17.1. The first-order chi connectivity index (χ1) is 22.5. The fourth-order valence-corrected chi connectivity index (χ4v) is 6.49. The smallest absolute Gasteiger partial charge is 0.366 e. The van der Waals surface area contributed by atoms with Gasteiger partial charge in [0.05, 0.1) is 50.5 Å². The number of imidazole rings is 1. The lowest BCUT2D eigenvalue weighted by atomic mass is 9.85. The van der Waals surface area contributed by atoms with Crippen molar-refractivity contribution in [1.82, 2.24) is 34.9 Å². The molecule has 260 valence electrons. The molecule has 48 heavy (non-hydrogen) atoms. The quantitative estimate of drug-likeness (QED) is 0.158. The minimum Gasteiger partial charge on any atom is -0.366 e. The number of carbonyl (C=O) groups is 1. The molecule has 0 saturated heterocycles. The van der Waals surface area contributed by atoms with E-state index in [1.807, 2.05) is 35.7 Å². The number of nitrogens with one attached hydrogen (secondary N) is 3. The Labute approximate surface area is 288 Å².